The van der Waals surface area contributed by atoms with Gasteiger partial charge in [0.2, 0.25) is 10.4 Å². The lowest BCUT2D eigenvalue weighted by Crippen LogP contribution is -2.10. The molecule has 0 aliphatic rings. The minimum atomic E-state index is -4.71. The van der Waals surface area contributed by atoms with Crippen LogP contribution < -0.4 is 0 Å². The Labute approximate surface area is 197 Å². The van der Waals surface area contributed by atoms with Gasteiger partial charge in [-0.1, -0.05) is 81.4 Å². The lowest BCUT2D eigenvalue weighted by molar-refractivity contribution is 0.254. The minimum absolute atomic E-state index is 0.256. The molecule has 0 amide bonds. The van der Waals surface area contributed by atoms with E-state index in [1.807, 2.05) is 54.6 Å². The zero-order valence-corrected chi connectivity index (χ0v) is 20.6. The number of halogens is 1. The van der Waals surface area contributed by atoms with Crippen LogP contribution in [0.5, 0.6) is 0 Å². The highest BCUT2D eigenvalue weighted by molar-refractivity contribution is 14.1. The second-order valence-corrected chi connectivity index (χ2v) is 10.5. The molecule has 0 radical (unpaired) electrons. The van der Waals surface area contributed by atoms with E-state index in [0.717, 1.165) is 21.5 Å². The SMILES string of the molecule is CC(C)(C)c1ccc(I)cc1.O=S(=O)([O-])OCc1c2ccccc2cc2ccccc12. The summed E-state index contributed by atoms with van der Waals surface area (Å²) in [4.78, 5) is 0. The van der Waals surface area contributed by atoms with E-state index < -0.39 is 10.4 Å². The van der Waals surface area contributed by atoms with Gasteiger partial charge in [0.05, 0.1) is 6.61 Å². The van der Waals surface area contributed by atoms with Crippen LogP contribution in [0.2, 0.25) is 0 Å². The van der Waals surface area contributed by atoms with Crippen molar-refractivity contribution in [2.24, 2.45) is 0 Å². The van der Waals surface area contributed by atoms with Gasteiger partial charge in [-0.2, -0.15) is 0 Å². The fourth-order valence-electron chi connectivity index (χ4n) is 3.34. The molecule has 0 N–H and O–H groups in total. The van der Waals surface area contributed by atoms with Gasteiger partial charge in [0.1, 0.15) is 0 Å². The van der Waals surface area contributed by atoms with Gasteiger partial charge in [0, 0.05) is 3.57 Å². The molecule has 31 heavy (non-hydrogen) atoms. The van der Waals surface area contributed by atoms with E-state index >= 15 is 0 Å². The molecule has 4 rings (SSSR count). The van der Waals surface area contributed by atoms with E-state index in [2.05, 4.69) is 71.8 Å². The van der Waals surface area contributed by atoms with Crippen molar-refractivity contribution in [1.82, 2.24) is 0 Å². The van der Waals surface area contributed by atoms with Crippen molar-refractivity contribution in [3.63, 3.8) is 0 Å². The Hall–Kier alpha value is -2.00. The summed E-state index contributed by atoms with van der Waals surface area (Å²) in [6.07, 6.45) is 0. The summed E-state index contributed by atoms with van der Waals surface area (Å²) < 4.78 is 37.8. The standard InChI is InChI=1S/C15H12O4S.C10H13I/c16-20(17,18)19-10-15-13-7-3-1-5-11(13)9-12-6-2-4-8-14(12)15;1-10(2,3)8-4-6-9(11)7-5-8/h1-9H,10H2,(H,16,17,18);4-7H,1-3H3/p-1. The predicted octanol–water partition coefficient (Wildman–Crippen LogP) is 6.56. The van der Waals surface area contributed by atoms with Crippen LogP contribution in [0.3, 0.4) is 0 Å². The first-order valence-electron chi connectivity index (χ1n) is 9.80. The zero-order chi connectivity index (χ0) is 22.6. The van der Waals surface area contributed by atoms with Crippen molar-refractivity contribution in [3.8, 4) is 0 Å². The summed E-state index contributed by atoms with van der Waals surface area (Å²) in [5.41, 5.74) is 2.39. The van der Waals surface area contributed by atoms with Crippen molar-refractivity contribution in [2.75, 3.05) is 0 Å². The van der Waals surface area contributed by atoms with E-state index in [0.29, 0.717) is 5.56 Å². The molecule has 0 saturated heterocycles. The largest absolute Gasteiger partial charge is 0.726 e. The third-order valence-corrected chi connectivity index (χ3v) is 6.07. The van der Waals surface area contributed by atoms with Gasteiger partial charge in [-0.3, -0.25) is 4.18 Å². The quantitative estimate of drug-likeness (QED) is 0.126. The molecular weight excluding hydrogens is 523 g/mol. The molecule has 162 valence electrons. The molecule has 0 aliphatic heterocycles. The van der Waals surface area contributed by atoms with Crippen molar-refractivity contribution >= 4 is 54.5 Å². The maximum Gasteiger partial charge on any atom is 0.217 e. The van der Waals surface area contributed by atoms with Gasteiger partial charge in [-0.05, 0) is 78.9 Å². The molecule has 0 aromatic heterocycles. The van der Waals surface area contributed by atoms with E-state index in [9.17, 15) is 13.0 Å². The number of hydrogen-bond donors (Lipinski definition) is 0. The molecule has 4 aromatic rings. The van der Waals surface area contributed by atoms with Crippen LogP contribution >= 0.6 is 22.6 Å². The highest BCUT2D eigenvalue weighted by Crippen LogP contribution is 2.29. The second kappa shape index (κ2) is 9.65. The first-order valence-corrected chi connectivity index (χ1v) is 12.2. The Morgan fingerprint density at radius 2 is 1.32 bits per heavy atom. The van der Waals surface area contributed by atoms with Crippen molar-refractivity contribution in [3.05, 3.63) is 93.6 Å². The summed E-state index contributed by atoms with van der Waals surface area (Å²) in [6, 6.07) is 25.9. The van der Waals surface area contributed by atoms with Crippen LogP contribution in [0.25, 0.3) is 21.5 Å². The zero-order valence-electron chi connectivity index (χ0n) is 17.6. The summed E-state index contributed by atoms with van der Waals surface area (Å²) in [7, 11) is -4.71. The fourth-order valence-corrected chi connectivity index (χ4v) is 3.97. The molecule has 0 atom stereocenters. The number of benzene rings is 4. The van der Waals surface area contributed by atoms with Crippen molar-refractivity contribution < 1.29 is 17.2 Å². The van der Waals surface area contributed by atoms with Gasteiger partial charge in [-0.25, -0.2) is 8.42 Å². The minimum Gasteiger partial charge on any atom is -0.726 e. The van der Waals surface area contributed by atoms with E-state index in [1.165, 1.54) is 9.13 Å². The fraction of sp³-hybridized carbons (Fsp3) is 0.200. The van der Waals surface area contributed by atoms with Crippen LogP contribution in [0, 0.1) is 3.57 Å². The van der Waals surface area contributed by atoms with Gasteiger partial charge >= 0.3 is 0 Å². The van der Waals surface area contributed by atoms with Crippen LogP contribution in [-0.4, -0.2) is 13.0 Å². The van der Waals surface area contributed by atoms with E-state index in [1.54, 1.807) is 0 Å². The van der Waals surface area contributed by atoms with Gasteiger partial charge in [0.15, 0.2) is 0 Å². The summed E-state index contributed by atoms with van der Waals surface area (Å²) >= 11 is 2.32. The Balaban J connectivity index is 0.000000210. The maximum absolute atomic E-state index is 10.7. The van der Waals surface area contributed by atoms with Crippen molar-refractivity contribution in [2.45, 2.75) is 32.8 Å². The third kappa shape index (κ3) is 6.49. The van der Waals surface area contributed by atoms with E-state index in [4.69, 9.17) is 0 Å². The highest BCUT2D eigenvalue weighted by Gasteiger charge is 2.12. The van der Waals surface area contributed by atoms with Gasteiger partial charge in [0.25, 0.3) is 0 Å². The molecule has 0 bridgehead atoms. The molecule has 4 aromatic carbocycles. The summed E-state index contributed by atoms with van der Waals surface area (Å²) in [5.74, 6) is 0. The average Bonchev–Trinajstić information content (AvgIpc) is 2.70. The summed E-state index contributed by atoms with van der Waals surface area (Å²) in [5, 5.41) is 3.73. The lowest BCUT2D eigenvalue weighted by atomic mass is 9.87. The van der Waals surface area contributed by atoms with Crippen LogP contribution in [-0.2, 0) is 26.6 Å². The smallest absolute Gasteiger partial charge is 0.217 e. The highest BCUT2D eigenvalue weighted by atomic mass is 127. The van der Waals surface area contributed by atoms with Gasteiger partial charge < -0.3 is 4.55 Å². The molecule has 0 spiro atoms. The molecule has 4 nitrogen and oxygen atoms in total. The number of rotatable bonds is 3. The average molecular weight is 547 g/mol. The van der Waals surface area contributed by atoms with Crippen LogP contribution in [0.15, 0.2) is 78.9 Å². The summed E-state index contributed by atoms with van der Waals surface area (Å²) in [6.45, 7) is 6.44. The maximum atomic E-state index is 10.7. The number of hydrogen-bond acceptors (Lipinski definition) is 4. The molecule has 0 unspecified atom stereocenters. The first-order chi connectivity index (χ1) is 14.5. The normalized spacial score (nSPS) is 11.9. The molecule has 0 saturated carbocycles. The Kier molecular flexibility index (Phi) is 7.36. The molecule has 0 heterocycles. The van der Waals surface area contributed by atoms with E-state index in [-0.39, 0.29) is 12.0 Å². The number of fused-ring (bicyclic) bond motifs is 2. The second-order valence-electron chi connectivity index (χ2n) is 8.22. The van der Waals surface area contributed by atoms with Crippen LogP contribution in [0.4, 0.5) is 0 Å². The first kappa shape index (κ1) is 23.7. The molecule has 0 aliphatic carbocycles. The van der Waals surface area contributed by atoms with Crippen molar-refractivity contribution in [1.29, 1.82) is 0 Å². The third-order valence-electron chi connectivity index (χ3n) is 4.94. The van der Waals surface area contributed by atoms with Gasteiger partial charge in [-0.15, -0.1) is 0 Å². The topological polar surface area (TPSA) is 66.4 Å². The Morgan fingerprint density at radius 3 is 1.77 bits per heavy atom. The predicted molar refractivity (Wildman–Crippen MR) is 134 cm³/mol. The molecular formula is C25H24IO4S-. The molecule has 6 heteroatoms. The Morgan fingerprint density at radius 1 is 0.839 bits per heavy atom. The van der Waals surface area contributed by atoms with Crippen LogP contribution in [0.1, 0.15) is 31.9 Å². The lowest BCUT2D eigenvalue weighted by Gasteiger charge is -2.18. The Bertz CT molecular complexity index is 1240. The molecule has 0 fully saturated rings. The monoisotopic (exact) mass is 547 g/mol.